The highest BCUT2D eigenvalue weighted by Crippen LogP contribution is 2.38. The summed E-state index contributed by atoms with van der Waals surface area (Å²) in [5.41, 5.74) is 3.46. The molecule has 1 amide bonds. The molecule has 0 radical (unpaired) electrons. The number of aryl methyl sites for hydroxylation is 2. The number of benzene rings is 2. The van der Waals surface area contributed by atoms with Gasteiger partial charge in [-0.15, -0.1) is 11.3 Å². The molecule has 4 rings (SSSR count). The predicted octanol–water partition coefficient (Wildman–Crippen LogP) is 5.71. The molecule has 0 spiro atoms. The van der Waals surface area contributed by atoms with Crippen molar-refractivity contribution in [1.82, 2.24) is 5.32 Å². The van der Waals surface area contributed by atoms with Crippen LogP contribution in [0.5, 0.6) is 0 Å². The monoisotopic (exact) mass is 481 g/mol. The van der Waals surface area contributed by atoms with Gasteiger partial charge in [0.2, 0.25) is 0 Å². The summed E-state index contributed by atoms with van der Waals surface area (Å²) in [7, 11) is 0. The van der Waals surface area contributed by atoms with Gasteiger partial charge in [-0.05, 0) is 74.6 Å². The fourth-order valence-corrected chi connectivity index (χ4v) is 5.46. The van der Waals surface area contributed by atoms with Gasteiger partial charge >= 0.3 is 5.97 Å². The Kier molecular flexibility index (Phi) is 6.86. The summed E-state index contributed by atoms with van der Waals surface area (Å²) in [5, 5.41) is 12.2. The zero-order chi connectivity index (χ0) is 24.5. The number of fused-ring (bicyclic) bond motifs is 1. The second-order valence-corrected chi connectivity index (χ2v) is 10.5. The molecule has 2 aromatic carbocycles. The summed E-state index contributed by atoms with van der Waals surface area (Å²) >= 11 is 1.62. The minimum absolute atomic E-state index is 0.140. The average Bonchev–Trinajstić information content (AvgIpc) is 3.15. The standard InChI is InChI=1S/C27H28FNO4S/c1-16(18-7-9-19(10-8-18)26(31)32)29-25(30)24-21-14-27(2,3)33-15-23(21)34-22(24)13-6-17-4-11-20(28)12-5-17/h4-5,7-12,16H,6,13-15H2,1-3H3,(H,29,30)(H,31,32). The van der Waals surface area contributed by atoms with Crippen molar-refractivity contribution in [3.8, 4) is 0 Å². The van der Waals surface area contributed by atoms with Crippen molar-refractivity contribution in [3.63, 3.8) is 0 Å². The van der Waals surface area contributed by atoms with Crippen molar-refractivity contribution in [1.29, 1.82) is 0 Å². The molecule has 0 saturated carbocycles. The number of nitrogens with one attached hydrogen (secondary N) is 1. The van der Waals surface area contributed by atoms with Gasteiger partial charge in [0.1, 0.15) is 5.82 Å². The molecule has 1 aliphatic heterocycles. The van der Waals surface area contributed by atoms with E-state index in [2.05, 4.69) is 5.32 Å². The van der Waals surface area contributed by atoms with Crippen LogP contribution in [0.25, 0.3) is 0 Å². The van der Waals surface area contributed by atoms with E-state index >= 15 is 0 Å². The highest BCUT2D eigenvalue weighted by Gasteiger charge is 2.33. The van der Waals surface area contributed by atoms with Crippen LogP contribution in [-0.4, -0.2) is 22.6 Å². The van der Waals surface area contributed by atoms with Crippen LogP contribution in [0.4, 0.5) is 4.39 Å². The van der Waals surface area contributed by atoms with Gasteiger partial charge in [-0.2, -0.15) is 0 Å². The average molecular weight is 482 g/mol. The van der Waals surface area contributed by atoms with E-state index in [0.29, 0.717) is 31.4 Å². The van der Waals surface area contributed by atoms with Gasteiger partial charge in [0.15, 0.2) is 0 Å². The molecule has 1 aromatic heterocycles. The SMILES string of the molecule is CC(NC(=O)c1c(CCc2ccc(F)cc2)sc2c1CC(C)(C)OC2)c1ccc(C(=O)O)cc1. The minimum atomic E-state index is -0.983. The number of carboxylic acid groups (broad SMARTS) is 1. The third kappa shape index (κ3) is 5.37. The first-order valence-electron chi connectivity index (χ1n) is 11.3. The van der Waals surface area contributed by atoms with Crippen LogP contribution < -0.4 is 5.32 Å². The second-order valence-electron chi connectivity index (χ2n) is 9.28. The van der Waals surface area contributed by atoms with E-state index in [1.54, 1.807) is 47.7 Å². The number of amides is 1. The maximum Gasteiger partial charge on any atom is 0.335 e. The molecule has 2 heterocycles. The van der Waals surface area contributed by atoms with Crippen molar-refractivity contribution < 1.29 is 23.8 Å². The van der Waals surface area contributed by atoms with E-state index in [9.17, 15) is 14.0 Å². The molecule has 0 aliphatic carbocycles. The molecule has 1 atom stereocenters. The van der Waals surface area contributed by atoms with Crippen LogP contribution in [0.15, 0.2) is 48.5 Å². The van der Waals surface area contributed by atoms with Crippen LogP contribution in [0.3, 0.4) is 0 Å². The topological polar surface area (TPSA) is 75.6 Å². The number of ether oxygens (including phenoxy) is 1. The summed E-state index contributed by atoms with van der Waals surface area (Å²) < 4.78 is 19.3. The van der Waals surface area contributed by atoms with Crippen LogP contribution in [0.1, 0.15) is 74.0 Å². The first-order valence-corrected chi connectivity index (χ1v) is 12.1. The van der Waals surface area contributed by atoms with E-state index in [4.69, 9.17) is 9.84 Å². The molecule has 0 bridgehead atoms. The zero-order valence-electron chi connectivity index (χ0n) is 19.5. The second kappa shape index (κ2) is 9.68. The lowest BCUT2D eigenvalue weighted by atomic mass is 9.91. The third-order valence-electron chi connectivity index (χ3n) is 6.15. The Morgan fingerprint density at radius 3 is 2.44 bits per heavy atom. The maximum absolute atomic E-state index is 13.5. The molecule has 1 unspecified atom stereocenters. The molecular formula is C27H28FNO4S. The number of aromatic carboxylic acids is 1. The first-order chi connectivity index (χ1) is 16.1. The van der Waals surface area contributed by atoms with Gasteiger partial charge in [0, 0.05) is 16.2 Å². The molecule has 3 aromatic rings. The number of thiophene rings is 1. The number of carbonyl (C=O) groups excluding carboxylic acids is 1. The molecule has 0 fully saturated rings. The van der Waals surface area contributed by atoms with Gasteiger partial charge in [-0.1, -0.05) is 24.3 Å². The van der Waals surface area contributed by atoms with Crippen molar-refractivity contribution in [2.75, 3.05) is 0 Å². The molecule has 7 heteroatoms. The fraction of sp³-hybridized carbons (Fsp3) is 0.333. The molecule has 34 heavy (non-hydrogen) atoms. The van der Waals surface area contributed by atoms with Gasteiger partial charge < -0.3 is 15.2 Å². The fourth-order valence-electron chi connectivity index (χ4n) is 4.23. The highest BCUT2D eigenvalue weighted by molar-refractivity contribution is 7.12. The van der Waals surface area contributed by atoms with Gasteiger partial charge in [0.05, 0.1) is 29.4 Å². The Morgan fingerprint density at radius 2 is 1.79 bits per heavy atom. The van der Waals surface area contributed by atoms with E-state index in [0.717, 1.165) is 26.4 Å². The van der Waals surface area contributed by atoms with Crippen LogP contribution in [-0.2, 0) is 30.6 Å². The van der Waals surface area contributed by atoms with E-state index in [-0.39, 0.29) is 28.9 Å². The van der Waals surface area contributed by atoms with Gasteiger partial charge in [-0.25, -0.2) is 9.18 Å². The Bertz CT molecular complexity index is 1200. The Labute approximate surface area is 202 Å². The summed E-state index contributed by atoms with van der Waals surface area (Å²) in [4.78, 5) is 26.7. The number of carbonyl (C=O) groups is 2. The van der Waals surface area contributed by atoms with E-state index in [1.165, 1.54) is 12.1 Å². The van der Waals surface area contributed by atoms with Crippen LogP contribution in [0, 0.1) is 5.82 Å². The Hall–Kier alpha value is -3.03. The van der Waals surface area contributed by atoms with E-state index in [1.807, 2.05) is 20.8 Å². The molecule has 2 N–H and O–H groups in total. The number of halogens is 1. The van der Waals surface area contributed by atoms with Crippen molar-refractivity contribution >= 4 is 23.2 Å². The largest absolute Gasteiger partial charge is 0.478 e. The summed E-state index contributed by atoms with van der Waals surface area (Å²) in [5.74, 6) is -1.39. The smallest absolute Gasteiger partial charge is 0.335 e. The molecule has 5 nitrogen and oxygen atoms in total. The number of hydrogen-bond acceptors (Lipinski definition) is 4. The zero-order valence-corrected chi connectivity index (χ0v) is 20.3. The van der Waals surface area contributed by atoms with Gasteiger partial charge in [0.25, 0.3) is 5.91 Å². The number of rotatable bonds is 7. The van der Waals surface area contributed by atoms with Gasteiger partial charge in [-0.3, -0.25) is 4.79 Å². The molecular weight excluding hydrogens is 453 g/mol. The quantitative estimate of drug-likeness (QED) is 0.453. The third-order valence-corrected chi connectivity index (χ3v) is 7.41. The predicted molar refractivity (Wildman–Crippen MR) is 130 cm³/mol. The highest BCUT2D eigenvalue weighted by atomic mass is 32.1. The minimum Gasteiger partial charge on any atom is -0.478 e. The van der Waals surface area contributed by atoms with E-state index < -0.39 is 5.97 Å². The number of hydrogen-bond donors (Lipinski definition) is 2. The maximum atomic E-state index is 13.5. The molecule has 1 aliphatic rings. The lowest BCUT2D eigenvalue weighted by Gasteiger charge is -2.30. The van der Waals surface area contributed by atoms with Crippen molar-refractivity contribution in [3.05, 3.63) is 91.9 Å². The summed E-state index contributed by atoms with van der Waals surface area (Å²) in [6.45, 7) is 6.42. The number of carboxylic acids is 1. The van der Waals surface area contributed by atoms with Crippen LogP contribution in [0.2, 0.25) is 0 Å². The van der Waals surface area contributed by atoms with Crippen molar-refractivity contribution in [2.45, 2.75) is 58.3 Å². The van der Waals surface area contributed by atoms with Crippen molar-refractivity contribution in [2.24, 2.45) is 0 Å². The Balaban J connectivity index is 1.58. The normalized spacial score (nSPS) is 15.4. The molecule has 0 saturated heterocycles. The lowest BCUT2D eigenvalue weighted by Crippen LogP contribution is -2.34. The first kappa shape index (κ1) is 24.1. The molecule has 178 valence electrons. The summed E-state index contributed by atoms with van der Waals surface area (Å²) in [6, 6.07) is 12.7. The lowest BCUT2D eigenvalue weighted by molar-refractivity contribution is -0.0383. The van der Waals surface area contributed by atoms with Crippen LogP contribution >= 0.6 is 11.3 Å². The Morgan fingerprint density at radius 1 is 1.12 bits per heavy atom. The summed E-state index contributed by atoms with van der Waals surface area (Å²) in [6.07, 6.45) is 2.03.